The summed E-state index contributed by atoms with van der Waals surface area (Å²) in [5.74, 6) is 6.18. The van der Waals surface area contributed by atoms with Gasteiger partial charge in [0.1, 0.15) is 12.7 Å². The maximum absolute atomic E-state index is 5.35. The van der Waals surface area contributed by atoms with E-state index >= 15 is 0 Å². The van der Waals surface area contributed by atoms with Gasteiger partial charge in [-0.1, -0.05) is 0 Å². The van der Waals surface area contributed by atoms with E-state index in [1.807, 2.05) is 0 Å². The Bertz CT molecular complexity index is 689. The van der Waals surface area contributed by atoms with Gasteiger partial charge in [0.15, 0.2) is 0 Å². The number of nitrogens with zero attached hydrogens (tertiary/aromatic N) is 8. The van der Waals surface area contributed by atoms with E-state index in [-0.39, 0.29) is 5.95 Å². The molecule has 96 valence electrons. The molecule has 0 fully saturated rings. The number of hydrogen-bond acceptors (Lipinski definition) is 8. The van der Waals surface area contributed by atoms with Crippen LogP contribution in [0.2, 0.25) is 0 Å². The van der Waals surface area contributed by atoms with Crippen LogP contribution in [0.5, 0.6) is 0 Å². The highest BCUT2D eigenvalue weighted by molar-refractivity contribution is 14.1. The van der Waals surface area contributed by atoms with Gasteiger partial charge in [-0.3, -0.25) is 5.43 Å². The van der Waals surface area contributed by atoms with E-state index in [9.17, 15) is 0 Å². The van der Waals surface area contributed by atoms with Gasteiger partial charge in [0.2, 0.25) is 5.95 Å². The monoisotopic (exact) mass is 370 g/mol. The molecular formula is C8H7IN10. The average Bonchev–Trinajstić information content (AvgIpc) is 3.09. The molecule has 0 aliphatic rings. The van der Waals surface area contributed by atoms with Gasteiger partial charge >= 0.3 is 0 Å². The SMILES string of the molecule is NNc1nc(-n2cncn2)nc(-n2cc(I)cn2)n1. The van der Waals surface area contributed by atoms with Crippen LogP contribution in [0, 0.1) is 3.57 Å². The predicted molar refractivity (Wildman–Crippen MR) is 72.4 cm³/mol. The lowest BCUT2D eigenvalue weighted by Crippen LogP contribution is -2.16. The minimum atomic E-state index is 0.209. The van der Waals surface area contributed by atoms with Crippen molar-refractivity contribution >= 4 is 28.5 Å². The highest BCUT2D eigenvalue weighted by Gasteiger charge is 2.10. The normalized spacial score (nSPS) is 10.6. The Morgan fingerprint density at radius 3 is 2.47 bits per heavy atom. The number of halogens is 1. The van der Waals surface area contributed by atoms with Gasteiger partial charge in [0.25, 0.3) is 11.9 Å². The molecule has 11 heteroatoms. The van der Waals surface area contributed by atoms with Gasteiger partial charge in [0, 0.05) is 6.20 Å². The number of nitrogen functional groups attached to an aromatic ring is 1. The number of nitrogens with one attached hydrogen (secondary N) is 1. The Labute approximate surface area is 120 Å². The minimum absolute atomic E-state index is 0.209. The summed E-state index contributed by atoms with van der Waals surface area (Å²) >= 11 is 2.14. The summed E-state index contributed by atoms with van der Waals surface area (Å²) in [5, 5.41) is 8.08. The summed E-state index contributed by atoms with van der Waals surface area (Å²) < 4.78 is 3.88. The summed E-state index contributed by atoms with van der Waals surface area (Å²) in [6.07, 6.45) is 6.33. The van der Waals surface area contributed by atoms with Gasteiger partial charge in [-0.25, -0.2) is 15.5 Å². The third-order valence-corrected chi connectivity index (χ3v) is 2.68. The highest BCUT2D eigenvalue weighted by atomic mass is 127. The Hall–Kier alpha value is -2.15. The summed E-state index contributed by atoms with van der Waals surface area (Å²) in [5.41, 5.74) is 2.38. The number of rotatable bonds is 3. The predicted octanol–water partition coefficient (Wildman–Crippen LogP) is -0.472. The molecule has 0 amide bonds. The summed E-state index contributed by atoms with van der Waals surface area (Å²) in [4.78, 5) is 16.3. The van der Waals surface area contributed by atoms with E-state index in [1.165, 1.54) is 22.0 Å². The molecule has 0 radical (unpaired) electrons. The molecule has 19 heavy (non-hydrogen) atoms. The molecule has 3 N–H and O–H groups in total. The third-order valence-electron chi connectivity index (χ3n) is 2.12. The van der Waals surface area contributed by atoms with Crippen molar-refractivity contribution in [1.29, 1.82) is 0 Å². The lowest BCUT2D eigenvalue weighted by molar-refractivity contribution is 0.745. The molecule has 0 unspecified atom stereocenters. The van der Waals surface area contributed by atoms with Crippen molar-refractivity contribution in [3.05, 3.63) is 28.6 Å². The number of hydrazine groups is 1. The molecule has 3 aromatic rings. The second-order valence-electron chi connectivity index (χ2n) is 3.35. The number of aromatic nitrogens is 8. The largest absolute Gasteiger partial charge is 0.292 e. The van der Waals surface area contributed by atoms with Crippen LogP contribution in [-0.2, 0) is 0 Å². The minimum Gasteiger partial charge on any atom is -0.292 e. The molecule has 0 saturated carbocycles. The fourth-order valence-electron chi connectivity index (χ4n) is 1.35. The van der Waals surface area contributed by atoms with E-state index in [1.54, 1.807) is 12.4 Å². The molecule has 3 rings (SSSR count). The molecule has 0 aliphatic heterocycles. The first-order chi connectivity index (χ1) is 9.26. The van der Waals surface area contributed by atoms with Crippen LogP contribution in [0.3, 0.4) is 0 Å². The van der Waals surface area contributed by atoms with Crippen molar-refractivity contribution in [1.82, 2.24) is 39.5 Å². The first-order valence-corrected chi connectivity index (χ1v) is 6.12. The quantitative estimate of drug-likeness (QED) is 0.360. The van der Waals surface area contributed by atoms with Crippen molar-refractivity contribution in [2.75, 3.05) is 5.43 Å². The van der Waals surface area contributed by atoms with Crippen molar-refractivity contribution in [2.45, 2.75) is 0 Å². The highest BCUT2D eigenvalue weighted by Crippen LogP contribution is 2.09. The molecule has 0 saturated heterocycles. The van der Waals surface area contributed by atoms with Crippen LogP contribution in [-0.4, -0.2) is 39.5 Å². The van der Waals surface area contributed by atoms with Crippen molar-refractivity contribution in [3.63, 3.8) is 0 Å². The van der Waals surface area contributed by atoms with Crippen molar-refractivity contribution in [3.8, 4) is 11.9 Å². The standard InChI is InChI=1S/C8H7IN10/c9-5-1-12-18(2-5)7-14-6(17-10)15-8(16-7)19-4-11-3-13-19/h1-4H,10H2,(H,14,15,16,17). The first kappa shape index (κ1) is 11.9. The number of nitrogens with two attached hydrogens (primary N) is 1. The maximum Gasteiger partial charge on any atom is 0.258 e. The Balaban J connectivity index is 2.12. The Kier molecular flexibility index (Phi) is 3.04. The second-order valence-corrected chi connectivity index (χ2v) is 4.59. The topological polar surface area (TPSA) is 125 Å². The average molecular weight is 370 g/mol. The molecule has 0 atom stereocenters. The number of anilines is 1. The van der Waals surface area contributed by atoms with Crippen molar-refractivity contribution < 1.29 is 0 Å². The zero-order valence-electron chi connectivity index (χ0n) is 9.34. The number of hydrogen-bond donors (Lipinski definition) is 2. The van der Waals surface area contributed by atoms with Gasteiger partial charge in [-0.05, 0) is 22.6 Å². The molecule has 0 aromatic carbocycles. The Morgan fingerprint density at radius 1 is 1.11 bits per heavy atom. The second kappa shape index (κ2) is 4.85. The van der Waals surface area contributed by atoms with Crippen LogP contribution >= 0.6 is 22.6 Å². The van der Waals surface area contributed by atoms with Gasteiger partial charge in [0.05, 0.1) is 9.77 Å². The smallest absolute Gasteiger partial charge is 0.258 e. The zero-order chi connectivity index (χ0) is 13.2. The van der Waals surface area contributed by atoms with Gasteiger partial charge in [-0.15, -0.1) is 0 Å². The van der Waals surface area contributed by atoms with Crippen molar-refractivity contribution in [2.24, 2.45) is 5.84 Å². The molecular weight excluding hydrogens is 363 g/mol. The molecule has 3 aromatic heterocycles. The molecule has 10 nitrogen and oxygen atoms in total. The van der Waals surface area contributed by atoms with Gasteiger partial charge in [-0.2, -0.15) is 29.8 Å². The van der Waals surface area contributed by atoms with E-state index in [2.05, 4.69) is 58.1 Å². The molecule has 0 aliphatic carbocycles. The molecule has 0 bridgehead atoms. The van der Waals surface area contributed by atoms with Crippen LogP contribution in [0.1, 0.15) is 0 Å². The van der Waals surface area contributed by atoms with Crippen LogP contribution < -0.4 is 11.3 Å². The summed E-state index contributed by atoms with van der Waals surface area (Å²) in [6, 6.07) is 0. The zero-order valence-corrected chi connectivity index (χ0v) is 11.5. The fourth-order valence-corrected chi connectivity index (χ4v) is 1.73. The van der Waals surface area contributed by atoms with E-state index in [0.29, 0.717) is 11.9 Å². The maximum atomic E-state index is 5.35. The lowest BCUT2D eigenvalue weighted by Gasteiger charge is -2.05. The van der Waals surface area contributed by atoms with Crippen LogP contribution in [0.15, 0.2) is 25.0 Å². The molecule has 0 spiro atoms. The lowest BCUT2D eigenvalue weighted by atomic mass is 10.7. The Morgan fingerprint density at radius 2 is 1.89 bits per heavy atom. The first-order valence-electron chi connectivity index (χ1n) is 5.04. The summed E-state index contributed by atoms with van der Waals surface area (Å²) in [6.45, 7) is 0. The third kappa shape index (κ3) is 2.37. The fraction of sp³-hybridized carbons (Fsp3) is 0. The van der Waals surface area contributed by atoms with Crippen LogP contribution in [0.25, 0.3) is 11.9 Å². The molecule has 3 heterocycles. The van der Waals surface area contributed by atoms with E-state index in [4.69, 9.17) is 5.84 Å². The summed E-state index contributed by atoms with van der Waals surface area (Å²) in [7, 11) is 0. The van der Waals surface area contributed by atoms with E-state index in [0.717, 1.165) is 3.57 Å². The van der Waals surface area contributed by atoms with Gasteiger partial charge < -0.3 is 0 Å². The van der Waals surface area contributed by atoms with E-state index < -0.39 is 0 Å². The van der Waals surface area contributed by atoms with Crippen LogP contribution in [0.4, 0.5) is 5.95 Å².